The summed E-state index contributed by atoms with van der Waals surface area (Å²) >= 11 is 0. The molecule has 0 saturated heterocycles. The van der Waals surface area contributed by atoms with Crippen LogP contribution in [0.5, 0.6) is 0 Å². The van der Waals surface area contributed by atoms with Crippen LogP contribution in [0.15, 0.2) is 0 Å². The van der Waals surface area contributed by atoms with Crippen molar-refractivity contribution < 1.29 is 38.0 Å². The van der Waals surface area contributed by atoms with Crippen molar-refractivity contribution in [2.24, 2.45) is 0 Å². The first kappa shape index (κ1) is 15.4. The molecule has 12 heavy (non-hydrogen) atoms. The van der Waals surface area contributed by atoms with Crippen LogP contribution >= 0.6 is 0 Å². The Hall–Kier alpha value is 0.950. The van der Waals surface area contributed by atoms with Gasteiger partial charge in [-0.1, -0.05) is 61.9 Å². The SMILES string of the molecule is CCCCCCCC[S-](=O)=O.[Na+]. The quantitative estimate of drug-likeness (QED) is 0.320. The molecule has 4 heteroatoms. The van der Waals surface area contributed by atoms with Gasteiger partial charge in [-0.15, -0.1) is 0 Å². The zero-order valence-corrected chi connectivity index (χ0v) is 11.0. The van der Waals surface area contributed by atoms with E-state index in [-0.39, 0.29) is 29.6 Å². The Morgan fingerprint density at radius 3 is 1.92 bits per heavy atom. The molecule has 0 atom stereocenters. The van der Waals surface area contributed by atoms with Gasteiger partial charge in [-0.2, -0.15) is 0 Å². The summed E-state index contributed by atoms with van der Waals surface area (Å²) in [4.78, 5) is 0. The summed E-state index contributed by atoms with van der Waals surface area (Å²) < 4.78 is 20.2. The maximum Gasteiger partial charge on any atom is 1.00 e. The number of unbranched alkanes of at least 4 members (excludes halogenated alkanes) is 5. The average Bonchev–Trinajstić information content (AvgIpc) is 1.96. The van der Waals surface area contributed by atoms with Gasteiger partial charge in [0.2, 0.25) is 0 Å². The molecule has 0 rings (SSSR count). The van der Waals surface area contributed by atoms with Crippen LogP contribution in [0.3, 0.4) is 0 Å². The maximum absolute atomic E-state index is 10.1. The van der Waals surface area contributed by atoms with Gasteiger partial charge in [0.05, 0.1) is 0 Å². The van der Waals surface area contributed by atoms with E-state index in [4.69, 9.17) is 0 Å². The normalized spacial score (nSPS) is 9.83. The van der Waals surface area contributed by atoms with E-state index in [1.54, 1.807) is 0 Å². The van der Waals surface area contributed by atoms with E-state index >= 15 is 0 Å². The number of hydrogen-bond donors (Lipinski definition) is 0. The molecule has 0 aliphatic carbocycles. The predicted octanol–water partition coefficient (Wildman–Crippen LogP) is -0.340. The molecule has 0 aromatic carbocycles. The third-order valence-electron chi connectivity index (χ3n) is 1.66. The number of rotatable bonds is 7. The van der Waals surface area contributed by atoms with Crippen molar-refractivity contribution in [3.8, 4) is 0 Å². The monoisotopic (exact) mass is 200 g/mol. The van der Waals surface area contributed by atoms with Gasteiger partial charge in [0.25, 0.3) is 0 Å². The van der Waals surface area contributed by atoms with Gasteiger partial charge < -0.3 is 8.42 Å². The zero-order chi connectivity index (χ0) is 8.53. The maximum atomic E-state index is 10.1. The van der Waals surface area contributed by atoms with E-state index in [0.29, 0.717) is 5.75 Å². The molecule has 0 aliphatic heterocycles. The topological polar surface area (TPSA) is 34.1 Å². The third-order valence-corrected chi connectivity index (χ3v) is 2.29. The second-order valence-corrected chi connectivity index (χ2v) is 3.79. The van der Waals surface area contributed by atoms with Crippen molar-refractivity contribution in [1.82, 2.24) is 0 Å². The van der Waals surface area contributed by atoms with E-state index < -0.39 is 10.7 Å². The fourth-order valence-electron chi connectivity index (χ4n) is 1.00. The van der Waals surface area contributed by atoms with Crippen LogP contribution in [0.4, 0.5) is 0 Å². The van der Waals surface area contributed by atoms with E-state index in [1.165, 1.54) is 25.7 Å². The van der Waals surface area contributed by atoms with Crippen molar-refractivity contribution >= 4 is 10.7 Å². The van der Waals surface area contributed by atoms with Gasteiger partial charge in [0.15, 0.2) is 0 Å². The van der Waals surface area contributed by atoms with Gasteiger partial charge in [-0.3, -0.25) is 0 Å². The first-order valence-electron chi connectivity index (χ1n) is 4.33. The summed E-state index contributed by atoms with van der Waals surface area (Å²) in [5.41, 5.74) is 0. The van der Waals surface area contributed by atoms with E-state index in [1.807, 2.05) is 0 Å². The minimum atomic E-state index is -1.82. The molecule has 0 bridgehead atoms. The Kier molecular flexibility index (Phi) is 15.4. The average molecular weight is 200 g/mol. The van der Waals surface area contributed by atoms with Crippen molar-refractivity contribution in [2.45, 2.75) is 45.4 Å². The molecule has 2 nitrogen and oxygen atoms in total. The fourth-order valence-corrected chi connectivity index (χ4v) is 1.44. The Balaban J connectivity index is 0. The van der Waals surface area contributed by atoms with E-state index in [9.17, 15) is 8.42 Å². The van der Waals surface area contributed by atoms with Crippen molar-refractivity contribution in [2.75, 3.05) is 5.75 Å². The Labute approximate surface area is 99.4 Å². The van der Waals surface area contributed by atoms with Crippen LogP contribution in [0.1, 0.15) is 45.4 Å². The zero-order valence-electron chi connectivity index (χ0n) is 8.17. The molecule has 0 fully saturated rings. The minimum absolute atomic E-state index is 0. The fraction of sp³-hybridized carbons (Fsp3) is 1.00. The van der Waals surface area contributed by atoms with Crippen LogP contribution in [0.2, 0.25) is 0 Å². The van der Waals surface area contributed by atoms with Gasteiger partial charge in [0, 0.05) is 0 Å². The molecular formula is C8H17NaO2S. The van der Waals surface area contributed by atoms with Gasteiger partial charge >= 0.3 is 29.6 Å². The summed E-state index contributed by atoms with van der Waals surface area (Å²) in [5.74, 6) is 0.339. The van der Waals surface area contributed by atoms with Crippen LogP contribution in [-0.4, -0.2) is 5.75 Å². The summed E-state index contributed by atoms with van der Waals surface area (Å²) in [5, 5.41) is 0. The molecule has 0 N–H and O–H groups in total. The smallest absolute Gasteiger partial charge is 0.424 e. The van der Waals surface area contributed by atoms with Crippen molar-refractivity contribution in [1.29, 1.82) is 0 Å². The molecule has 0 aliphatic rings. The summed E-state index contributed by atoms with van der Waals surface area (Å²) in [6, 6.07) is 0. The van der Waals surface area contributed by atoms with E-state index in [0.717, 1.165) is 12.8 Å². The Bertz CT molecular complexity index is 138. The van der Waals surface area contributed by atoms with Crippen LogP contribution in [0.25, 0.3) is 0 Å². The molecule has 0 aromatic rings. The molecule has 0 aromatic heterocycles. The van der Waals surface area contributed by atoms with Gasteiger partial charge in [0.1, 0.15) is 0 Å². The molecule has 0 saturated carbocycles. The van der Waals surface area contributed by atoms with Crippen molar-refractivity contribution in [3.63, 3.8) is 0 Å². The molecule has 0 spiro atoms. The Morgan fingerprint density at radius 1 is 0.917 bits per heavy atom. The van der Waals surface area contributed by atoms with E-state index in [2.05, 4.69) is 6.92 Å². The van der Waals surface area contributed by atoms with Gasteiger partial charge in [-0.05, 0) is 0 Å². The predicted molar refractivity (Wildman–Crippen MR) is 47.0 cm³/mol. The summed E-state index contributed by atoms with van der Waals surface area (Å²) in [6.07, 6.45) is 6.86. The molecule has 0 unspecified atom stereocenters. The van der Waals surface area contributed by atoms with Crippen molar-refractivity contribution in [3.05, 3.63) is 0 Å². The van der Waals surface area contributed by atoms with Gasteiger partial charge in [-0.25, -0.2) is 0 Å². The van der Waals surface area contributed by atoms with Crippen LogP contribution in [0, 0.1) is 0 Å². The first-order chi connectivity index (χ1) is 5.27. The first-order valence-corrected chi connectivity index (χ1v) is 5.57. The summed E-state index contributed by atoms with van der Waals surface area (Å²) in [6.45, 7) is 2.17. The Morgan fingerprint density at radius 2 is 1.42 bits per heavy atom. The third kappa shape index (κ3) is 13.5. The number of hydrogen-bond acceptors (Lipinski definition) is 3. The second kappa shape index (κ2) is 11.9. The minimum Gasteiger partial charge on any atom is -0.424 e. The standard InChI is InChI=1S/C8H17O2S.Na/c1-2-3-4-5-6-7-8-11(9)10;/h2-8H2,1H3;/q-1;+1. The molecule has 0 amide bonds. The molecule has 0 heterocycles. The molecule has 0 radical (unpaired) electrons. The molecule has 68 valence electrons. The van der Waals surface area contributed by atoms with Crippen LogP contribution in [-0.2, 0) is 19.1 Å². The largest absolute Gasteiger partial charge is 1.00 e. The molecular weight excluding hydrogens is 183 g/mol. The second-order valence-electron chi connectivity index (χ2n) is 2.78. The summed E-state index contributed by atoms with van der Waals surface area (Å²) in [7, 11) is -1.82. The van der Waals surface area contributed by atoms with Crippen LogP contribution < -0.4 is 29.6 Å².